The van der Waals surface area contributed by atoms with Crippen LogP contribution in [0, 0.1) is 19.3 Å². The van der Waals surface area contributed by atoms with Gasteiger partial charge in [-0.1, -0.05) is 68.8 Å². The van der Waals surface area contributed by atoms with Gasteiger partial charge in [0.1, 0.15) is 36.3 Å². The standard InChI is InChI=1S/C50H60ClN9O9S/c1-30-45(70-29-54-30)34-9-7-32(8-10-34)26-53-48(64)41-23-36(61)27-59(41)49(65)46(50(3,4)5)56-43(63)28-69-22-21-68-20-19-67-18-17-52-42(62)25-39-47-58-57-31(2)60(47)40-16-15-37(66-6)24-38(40)44(55-39)33-11-13-35(51)14-12-33/h7-16,24,29,36,39,41,46,61H,17-23,25-28H2,1-6H3,(H,52,62)(H,53,64)(H,56,63)/t36-,39?,41+,46-/m1/s1. The molecule has 0 bridgehead atoms. The maximum Gasteiger partial charge on any atom is 0.246 e. The minimum absolute atomic E-state index is 0.0165. The molecule has 0 aliphatic carbocycles. The van der Waals surface area contributed by atoms with Crippen molar-refractivity contribution in [2.75, 3.05) is 59.8 Å². The number of carbonyl (C=O) groups excluding carboxylic acids is 4. The van der Waals surface area contributed by atoms with E-state index in [1.54, 1.807) is 36.1 Å². The molecule has 5 aromatic rings. The first-order chi connectivity index (χ1) is 33.6. The third kappa shape index (κ3) is 13.0. The van der Waals surface area contributed by atoms with Gasteiger partial charge in [-0.2, -0.15) is 0 Å². The molecule has 3 aromatic carbocycles. The van der Waals surface area contributed by atoms with Gasteiger partial charge in [0.15, 0.2) is 5.82 Å². The van der Waals surface area contributed by atoms with E-state index >= 15 is 0 Å². The van der Waals surface area contributed by atoms with Gasteiger partial charge in [-0.3, -0.25) is 28.7 Å². The Morgan fingerprint density at radius 1 is 0.886 bits per heavy atom. The van der Waals surface area contributed by atoms with E-state index in [1.807, 2.05) is 93.8 Å². The number of rotatable bonds is 21. The normalized spacial score (nSPS) is 16.9. The van der Waals surface area contributed by atoms with Gasteiger partial charge in [0.25, 0.3) is 0 Å². The predicted octanol–water partition coefficient (Wildman–Crippen LogP) is 4.93. The molecule has 0 saturated carbocycles. The van der Waals surface area contributed by atoms with Gasteiger partial charge in [0, 0.05) is 42.2 Å². The molecular formula is C50H60ClN9O9S. The van der Waals surface area contributed by atoms with Gasteiger partial charge < -0.3 is 44.9 Å². The highest BCUT2D eigenvalue weighted by molar-refractivity contribution is 7.13. The second kappa shape index (κ2) is 23.7. The minimum Gasteiger partial charge on any atom is -0.497 e. The first-order valence-electron chi connectivity index (χ1n) is 23.1. The number of aliphatic hydroxyl groups is 1. The number of nitrogens with zero attached hydrogens (tertiary/aromatic N) is 6. The molecule has 4 amide bonds. The monoisotopic (exact) mass is 997 g/mol. The molecule has 70 heavy (non-hydrogen) atoms. The number of aromatic nitrogens is 4. The van der Waals surface area contributed by atoms with Crippen molar-refractivity contribution in [1.29, 1.82) is 0 Å². The molecule has 0 radical (unpaired) electrons. The fourth-order valence-corrected chi connectivity index (χ4v) is 9.21. The summed E-state index contributed by atoms with van der Waals surface area (Å²) in [7, 11) is 1.60. The summed E-state index contributed by atoms with van der Waals surface area (Å²) >= 11 is 7.79. The third-order valence-corrected chi connectivity index (χ3v) is 13.1. The molecule has 372 valence electrons. The number of benzene rings is 3. The number of amides is 4. The molecule has 1 fully saturated rings. The summed E-state index contributed by atoms with van der Waals surface area (Å²) in [6.07, 6.45) is -0.787. The van der Waals surface area contributed by atoms with E-state index in [9.17, 15) is 24.3 Å². The number of hydrogen-bond donors (Lipinski definition) is 4. The Labute approximate surface area is 416 Å². The van der Waals surface area contributed by atoms with Gasteiger partial charge in [-0.25, -0.2) is 4.98 Å². The quantitative estimate of drug-likeness (QED) is 0.0720. The zero-order chi connectivity index (χ0) is 50.0. The number of aliphatic hydroxyl groups excluding tert-OH is 1. The lowest BCUT2D eigenvalue weighted by Gasteiger charge is -2.35. The van der Waals surface area contributed by atoms with Crippen molar-refractivity contribution in [1.82, 2.24) is 40.6 Å². The number of aliphatic imine (C=N–C) groups is 1. The number of β-amino-alcohol motifs (C(OH)–C–C–N with tert-alkyl or cyclic N) is 1. The van der Waals surface area contributed by atoms with Crippen molar-refractivity contribution < 1.29 is 43.2 Å². The van der Waals surface area contributed by atoms with Crippen LogP contribution in [0.4, 0.5) is 0 Å². The molecule has 2 aliphatic heterocycles. The van der Waals surface area contributed by atoms with Crippen molar-refractivity contribution in [3.63, 3.8) is 0 Å². The first-order valence-corrected chi connectivity index (χ1v) is 24.4. The van der Waals surface area contributed by atoms with E-state index in [4.69, 9.17) is 35.5 Å². The van der Waals surface area contributed by atoms with Crippen LogP contribution in [0.15, 0.2) is 77.2 Å². The van der Waals surface area contributed by atoms with Crippen LogP contribution in [0.3, 0.4) is 0 Å². The fourth-order valence-electron chi connectivity index (χ4n) is 8.27. The summed E-state index contributed by atoms with van der Waals surface area (Å²) in [5.41, 5.74) is 7.08. The molecule has 18 nitrogen and oxygen atoms in total. The average molecular weight is 999 g/mol. The Morgan fingerprint density at radius 2 is 1.59 bits per heavy atom. The molecule has 0 spiro atoms. The van der Waals surface area contributed by atoms with Gasteiger partial charge in [0.2, 0.25) is 23.6 Å². The predicted molar refractivity (Wildman–Crippen MR) is 264 cm³/mol. The smallest absolute Gasteiger partial charge is 0.246 e. The molecule has 2 aliphatic rings. The number of thiazole rings is 1. The maximum atomic E-state index is 14.0. The van der Waals surface area contributed by atoms with E-state index in [0.29, 0.717) is 28.1 Å². The van der Waals surface area contributed by atoms with E-state index in [-0.39, 0.29) is 83.9 Å². The van der Waals surface area contributed by atoms with Crippen molar-refractivity contribution in [2.45, 2.75) is 78.2 Å². The molecule has 7 rings (SSSR count). The lowest BCUT2D eigenvalue weighted by atomic mass is 9.85. The van der Waals surface area contributed by atoms with Gasteiger partial charge in [0.05, 0.1) is 80.1 Å². The Hall–Kier alpha value is -6.09. The van der Waals surface area contributed by atoms with Crippen LogP contribution in [-0.4, -0.2) is 137 Å². The van der Waals surface area contributed by atoms with Gasteiger partial charge in [-0.15, -0.1) is 21.5 Å². The van der Waals surface area contributed by atoms with Crippen molar-refractivity contribution in [3.8, 4) is 21.9 Å². The lowest BCUT2D eigenvalue weighted by Crippen LogP contribution is -2.58. The van der Waals surface area contributed by atoms with Crippen LogP contribution in [0.25, 0.3) is 16.1 Å². The number of carbonyl (C=O) groups is 4. The van der Waals surface area contributed by atoms with Crippen LogP contribution < -0.4 is 20.7 Å². The van der Waals surface area contributed by atoms with Gasteiger partial charge in [-0.05, 0) is 60.7 Å². The lowest BCUT2D eigenvalue weighted by molar-refractivity contribution is -0.144. The zero-order valence-electron chi connectivity index (χ0n) is 40.2. The Morgan fingerprint density at radius 3 is 2.27 bits per heavy atom. The Bertz CT molecular complexity index is 2650. The maximum absolute atomic E-state index is 14.0. The summed E-state index contributed by atoms with van der Waals surface area (Å²) in [4.78, 5) is 65.6. The van der Waals surface area contributed by atoms with E-state index in [0.717, 1.165) is 38.5 Å². The summed E-state index contributed by atoms with van der Waals surface area (Å²) in [6.45, 7) is 10.5. The zero-order valence-corrected chi connectivity index (χ0v) is 41.8. The van der Waals surface area contributed by atoms with Crippen molar-refractivity contribution in [3.05, 3.63) is 111 Å². The second-order valence-electron chi connectivity index (χ2n) is 18.1. The molecule has 4 N–H and O–H groups in total. The molecule has 2 aromatic heterocycles. The largest absolute Gasteiger partial charge is 0.497 e. The van der Waals surface area contributed by atoms with Crippen LogP contribution in [0.2, 0.25) is 5.02 Å². The summed E-state index contributed by atoms with van der Waals surface area (Å²) < 4.78 is 24.3. The highest BCUT2D eigenvalue weighted by Gasteiger charge is 2.44. The molecular weight excluding hydrogens is 938 g/mol. The van der Waals surface area contributed by atoms with Crippen LogP contribution in [-0.2, 0) is 39.9 Å². The number of ether oxygens (including phenoxy) is 4. The number of aryl methyl sites for hydroxylation is 2. The molecule has 1 saturated heterocycles. The molecule has 1 unspecified atom stereocenters. The summed E-state index contributed by atoms with van der Waals surface area (Å²) in [6, 6.07) is 18.4. The number of halogens is 1. The number of fused-ring (bicyclic) bond motifs is 3. The highest BCUT2D eigenvalue weighted by Crippen LogP contribution is 2.35. The number of hydrogen-bond acceptors (Lipinski definition) is 14. The SMILES string of the molecule is COc1ccc2c(c1)C(c1ccc(Cl)cc1)=NC(CC(=O)NCCOCCOCCOCC(=O)N[C@H](C(=O)N1C[C@H](O)C[C@H]1C(=O)NCc1ccc(-c3scnc3C)cc1)C(C)(C)C)c1nnc(C)n1-2. The van der Waals surface area contributed by atoms with Crippen LogP contribution >= 0.6 is 22.9 Å². The molecule has 4 atom stereocenters. The number of likely N-dealkylation sites (tertiary alicyclic amines) is 1. The summed E-state index contributed by atoms with van der Waals surface area (Å²) in [5.74, 6) is 0.256. The van der Waals surface area contributed by atoms with Crippen LogP contribution in [0.5, 0.6) is 5.75 Å². The van der Waals surface area contributed by atoms with Crippen molar-refractivity contribution >= 4 is 52.3 Å². The Kier molecular flexibility index (Phi) is 17.5. The third-order valence-electron chi connectivity index (χ3n) is 11.9. The van der Waals surface area contributed by atoms with E-state index in [2.05, 4.69) is 31.1 Å². The minimum atomic E-state index is -0.989. The fraction of sp³-hybridized carbons (Fsp3) is 0.440. The summed E-state index contributed by atoms with van der Waals surface area (Å²) in [5, 5.41) is 28.5. The number of methoxy groups -OCH3 is 1. The topological polar surface area (TPSA) is 221 Å². The van der Waals surface area contributed by atoms with E-state index < -0.39 is 41.5 Å². The average Bonchev–Trinajstić information content (AvgIpc) is 4.05. The van der Waals surface area contributed by atoms with Crippen molar-refractivity contribution in [2.24, 2.45) is 10.4 Å². The first kappa shape index (κ1) is 51.8. The van der Waals surface area contributed by atoms with Gasteiger partial charge >= 0.3 is 0 Å². The van der Waals surface area contributed by atoms with E-state index in [1.165, 1.54) is 4.90 Å². The second-order valence-corrected chi connectivity index (χ2v) is 19.4. The molecule has 4 heterocycles. The van der Waals surface area contributed by atoms with Crippen LogP contribution in [0.1, 0.15) is 73.7 Å². The highest BCUT2D eigenvalue weighted by atomic mass is 35.5. The molecule has 20 heteroatoms. The Balaban J connectivity index is 0.801. The number of nitrogens with one attached hydrogen (secondary N) is 3.